The average molecular weight is 145 g/mol. The van der Waals surface area contributed by atoms with Crippen LogP contribution >= 0.6 is 0 Å². The molecule has 0 spiro atoms. The predicted molar refractivity (Wildman–Crippen MR) is 40.5 cm³/mol. The van der Waals surface area contributed by atoms with E-state index in [1.54, 1.807) is 0 Å². The lowest BCUT2D eigenvalue weighted by Crippen LogP contribution is -2.41. The maximum atomic E-state index is 12.9. The number of halogens is 1. The Morgan fingerprint density at radius 3 is 2.70 bits per heavy atom. The zero-order valence-corrected chi connectivity index (χ0v) is 6.52. The topological polar surface area (TPSA) is 26.0 Å². The Hall–Kier alpha value is -0.110. The second kappa shape index (κ2) is 3.33. The zero-order chi connectivity index (χ0) is 7.56. The van der Waals surface area contributed by atoms with Crippen LogP contribution in [0.3, 0.4) is 0 Å². The summed E-state index contributed by atoms with van der Waals surface area (Å²) >= 11 is 0. The van der Waals surface area contributed by atoms with Crippen LogP contribution in [0.5, 0.6) is 0 Å². The Morgan fingerprint density at radius 2 is 2.20 bits per heavy atom. The molecule has 0 radical (unpaired) electrons. The molecule has 3 atom stereocenters. The highest BCUT2D eigenvalue weighted by molar-refractivity contribution is 4.84. The third-order valence-corrected chi connectivity index (χ3v) is 2.54. The van der Waals surface area contributed by atoms with E-state index >= 15 is 0 Å². The van der Waals surface area contributed by atoms with Crippen LogP contribution in [-0.4, -0.2) is 12.2 Å². The second-order valence-corrected chi connectivity index (χ2v) is 3.19. The summed E-state index contributed by atoms with van der Waals surface area (Å²) in [6.07, 6.45) is 3.11. The molecule has 60 valence electrons. The second-order valence-electron chi connectivity index (χ2n) is 3.19. The molecular weight excluding hydrogens is 129 g/mol. The van der Waals surface area contributed by atoms with E-state index in [2.05, 4.69) is 6.92 Å². The SMILES string of the molecule is CC[C@@H]1CCC[C@@H](F)[C@H]1N. The predicted octanol–water partition coefficient (Wildman–Crippen LogP) is 1.86. The Labute approximate surface area is 61.8 Å². The average Bonchev–Trinajstić information content (AvgIpc) is 1.95. The molecule has 10 heavy (non-hydrogen) atoms. The van der Waals surface area contributed by atoms with Crippen LogP contribution in [0.4, 0.5) is 4.39 Å². The van der Waals surface area contributed by atoms with Crippen LogP contribution < -0.4 is 5.73 Å². The van der Waals surface area contributed by atoms with E-state index in [9.17, 15) is 4.39 Å². The molecule has 1 aliphatic rings. The van der Waals surface area contributed by atoms with Crippen molar-refractivity contribution in [2.24, 2.45) is 11.7 Å². The van der Waals surface area contributed by atoms with Crippen LogP contribution in [0.2, 0.25) is 0 Å². The summed E-state index contributed by atoms with van der Waals surface area (Å²) in [5.74, 6) is 0.434. The van der Waals surface area contributed by atoms with Crippen molar-refractivity contribution in [2.45, 2.75) is 44.8 Å². The van der Waals surface area contributed by atoms with E-state index in [-0.39, 0.29) is 6.04 Å². The molecule has 2 N–H and O–H groups in total. The molecule has 1 fully saturated rings. The fourth-order valence-corrected chi connectivity index (χ4v) is 1.73. The van der Waals surface area contributed by atoms with Gasteiger partial charge in [0.2, 0.25) is 0 Å². The molecule has 1 aliphatic carbocycles. The Bertz CT molecular complexity index is 105. The van der Waals surface area contributed by atoms with E-state index in [1.165, 1.54) is 0 Å². The van der Waals surface area contributed by atoms with Crippen LogP contribution in [0, 0.1) is 5.92 Å². The minimum absolute atomic E-state index is 0.182. The summed E-state index contributed by atoms with van der Waals surface area (Å²) in [6.45, 7) is 2.09. The van der Waals surface area contributed by atoms with Gasteiger partial charge in [-0.3, -0.25) is 0 Å². The monoisotopic (exact) mass is 145 g/mol. The third kappa shape index (κ3) is 1.48. The summed E-state index contributed by atoms with van der Waals surface area (Å²) < 4.78 is 12.9. The van der Waals surface area contributed by atoms with Crippen molar-refractivity contribution in [1.82, 2.24) is 0 Å². The molecule has 0 amide bonds. The zero-order valence-electron chi connectivity index (χ0n) is 6.52. The lowest BCUT2D eigenvalue weighted by molar-refractivity contribution is 0.160. The van der Waals surface area contributed by atoms with Gasteiger partial charge in [-0.1, -0.05) is 19.8 Å². The summed E-state index contributed by atoms with van der Waals surface area (Å²) in [6, 6.07) is -0.182. The minimum atomic E-state index is -0.737. The molecular formula is C8H16FN. The molecule has 0 saturated heterocycles. The lowest BCUT2D eigenvalue weighted by Gasteiger charge is -2.30. The summed E-state index contributed by atoms with van der Waals surface area (Å²) in [4.78, 5) is 0. The molecule has 1 rings (SSSR count). The first-order chi connectivity index (χ1) is 4.75. The molecule has 0 bridgehead atoms. The fourth-order valence-electron chi connectivity index (χ4n) is 1.73. The van der Waals surface area contributed by atoms with Gasteiger partial charge in [-0.25, -0.2) is 4.39 Å². The smallest absolute Gasteiger partial charge is 0.115 e. The fraction of sp³-hybridized carbons (Fsp3) is 1.00. The van der Waals surface area contributed by atoms with Crippen LogP contribution in [0.15, 0.2) is 0 Å². The Balaban J connectivity index is 2.42. The highest BCUT2D eigenvalue weighted by Crippen LogP contribution is 2.27. The van der Waals surface area contributed by atoms with Crippen LogP contribution in [-0.2, 0) is 0 Å². The van der Waals surface area contributed by atoms with Gasteiger partial charge in [0.05, 0.1) is 0 Å². The first kappa shape index (κ1) is 7.99. The van der Waals surface area contributed by atoms with Crippen molar-refractivity contribution in [3.63, 3.8) is 0 Å². The minimum Gasteiger partial charge on any atom is -0.325 e. The summed E-state index contributed by atoms with van der Waals surface area (Å²) in [5, 5.41) is 0. The molecule has 0 unspecified atom stereocenters. The van der Waals surface area contributed by atoms with Crippen LogP contribution in [0.1, 0.15) is 32.6 Å². The van der Waals surface area contributed by atoms with E-state index in [4.69, 9.17) is 5.73 Å². The van der Waals surface area contributed by atoms with Crippen molar-refractivity contribution in [2.75, 3.05) is 0 Å². The Kier molecular flexibility index (Phi) is 2.66. The number of nitrogens with two attached hydrogens (primary N) is 1. The van der Waals surface area contributed by atoms with Gasteiger partial charge in [-0.2, -0.15) is 0 Å². The first-order valence-electron chi connectivity index (χ1n) is 4.15. The van der Waals surface area contributed by atoms with Gasteiger partial charge >= 0.3 is 0 Å². The molecule has 0 aliphatic heterocycles. The van der Waals surface area contributed by atoms with E-state index in [0.717, 1.165) is 19.3 Å². The number of hydrogen-bond donors (Lipinski definition) is 1. The molecule has 0 aromatic carbocycles. The molecule has 0 heterocycles. The first-order valence-corrected chi connectivity index (χ1v) is 4.15. The van der Waals surface area contributed by atoms with Gasteiger partial charge in [0, 0.05) is 6.04 Å². The van der Waals surface area contributed by atoms with Crippen molar-refractivity contribution >= 4 is 0 Å². The van der Waals surface area contributed by atoms with Crippen molar-refractivity contribution in [1.29, 1.82) is 0 Å². The Morgan fingerprint density at radius 1 is 1.50 bits per heavy atom. The molecule has 1 nitrogen and oxygen atoms in total. The lowest BCUT2D eigenvalue weighted by atomic mass is 9.82. The third-order valence-electron chi connectivity index (χ3n) is 2.54. The molecule has 2 heteroatoms. The van der Waals surface area contributed by atoms with E-state index in [1.807, 2.05) is 0 Å². The number of rotatable bonds is 1. The van der Waals surface area contributed by atoms with E-state index < -0.39 is 6.17 Å². The molecule has 0 aromatic heterocycles. The van der Waals surface area contributed by atoms with Gasteiger partial charge < -0.3 is 5.73 Å². The van der Waals surface area contributed by atoms with Gasteiger partial charge in [0.15, 0.2) is 0 Å². The normalized spacial score (nSPS) is 41.7. The highest BCUT2D eigenvalue weighted by Gasteiger charge is 2.28. The standard InChI is InChI=1S/C8H16FN/c1-2-6-4-3-5-7(9)8(6)10/h6-8H,2-5,10H2,1H3/t6-,7-,8+/m1/s1. The van der Waals surface area contributed by atoms with Crippen LogP contribution in [0.25, 0.3) is 0 Å². The maximum Gasteiger partial charge on any atom is 0.115 e. The van der Waals surface area contributed by atoms with E-state index in [0.29, 0.717) is 12.3 Å². The largest absolute Gasteiger partial charge is 0.325 e. The van der Waals surface area contributed by atoms with Gasteiger partial charge in [0.1, 0.15) is 6.17 Å². The summed E-state index contributed by atoms with van der Waals surface area (Å²) in [5.41, 5.74) is 5.66. The van der Waals surface area contributed by atoms with Gasteiger partial charge in [-0.15, -0.1) is 0 Å². The number of alkyl halides is 1. The van der Waals surface area contributed by atoms with Crippen molar-refractivity contribution < 1.29 is 4.39 Å². The molecule has 1 saturated carbocycles. The highest BCUT2D eigenvalue weighted by atomic mass is 19.1. The quantitative estimate of drug-likeness (QED) is 0.598. The number of hydrogen-bond acceptors (Lipinski definition) is 1. The van der Waals surface area contributed by atoms with Crippen molar-refractivity contribution in [3.8, 4) is 0 Å². The molecule has 0 aromatic rings. The van der Waals surface area contributed by atoms with Gasteiger partial charge in [0.25, 0.3) is 0 Å². The van der Waals surface area contributed by atoms with Crippen molar-refractivity contribution in [3.05, 3.63) is 0 Å². The maximum absolute atomic E-state index is 12.9. The summed E-state index contributed by atoms with van der Waals surface area (Å²) in [7, 11) is 0. The van der Waals surface area contributed by atoms with Gasteiger partial charge in [-0.05, 0) is 18.8 Å².